The lowest BCUT2D eigenvalue weighted by molar-refractivity contribution is -0.365. The first-order valence-electron chi connectivity index (χ1n) is 16.5. The molecule has 3 aliphatic heterocycles. The number of benzene rings is 2. The first-order chi connectivity index (χ1) is 24.6. The van der Waals surface area contributed by atoms with Gasteiger partial charge in [-0.15, -0.1) is 0 Å². The van der Waals surface area contributed by atoms with Crippen LogP contribution in [-0.2, 0) is 34.8 Å². The summed E-state index contributed by atoms with van der Waals surface area (Å²) in [6.07, 6.45) is -24.3. The number of aliphatic hydroxyl groups excluding tert-OH is 8. The molecule has 18 heteroatoms. The number of carbonyl (C=O) groups is 1. The van der Waals surface area contributed by atoms with Gasteiger partial charge in [0.25, 0.3) is 0 Å². The molecule has 2 aromatic rings. The number of aromatic hydroxyl groups is 3. The minimum atomic E-state index is -1.96. The van der Waals surface area contributed by atoms with Gasteiger partial charge in [-0.2, -0.15) is 0 Å². The molecule has 4 aliphatic rings. The molecular weight excluding hydrogens is 696 g/mol. The topological polar surface area (TPSA) is 295 Å². The predicted octanol–water partition coefficient (Wildman–Crippen LogP) is -2.53. The quantitative estimate of drug-likeness (QED) is 0.133. The molecular formula is C34H42O18. The lowest BCUT2D eigenvalue weighted by atomic mass is 9.85. The summed E-state index contributed by atoms with van der Waals surface area (Å²) < 4.78 is 34.6. The number of aliphatic hydroxyl groups is 8. The maximum Gasteiger partial charge on any atom is 0.232 e. The highest BCUT2D eigenvalue weighted by Gasteiger charge is 2.52. The first kappa shape index (κ1) is 38.3. The fourth-order valence-electron chi connectivity index (χ4n) is 6.63. The summed E-state index contributed by atoms with van der Waals surface area (Å²) in [5.74, 6) is -2.31. The minimum Gasteiger partial charge on any atom is -0.508 e. The van der Waals surface area contributed by atoms with Crippen LogP contribution in [0.3, 0.4) is 0 Å². The Morgan fingerprint density at radius 1 is 0.673 bits per heavy atom. The number of Topliss-reactive ketones (excluding diaryl/α,β-unsaturated/α-hetero) is 1. The van der Waals surface area contributed by atoms with Crippen molar-refractivity contribution in [3.63, 3.8) is 0 Å². The van der Waals surface area contributed by atoms with Crippen LogP contribution in [0.5, 0.6) is 17.2 Å². The van der Waals surface area contributed by atoms with E-state index >= 15 is 0 Å². The Bertz CT molecular complexity index is 1630. The number of carbonyl (C=O) groups excluding carboxylic acids is 1. The summed E-state index contributed by atoms with van der Waals surface area (Å²) in [4.78, 5) is 14.1. The number of hydrogen-bond acceptors (Lipinski definition) is 18. The molecule has 18 nitrogen and oxygen atoms in total. The number of allylic oxidation sites excluding steroid dienone is 2. The summed E-state index contributed by atoms with van der Waals surface area (Å²) in [7, 11) is 0. The molecule has 0 saturated carbocycles. The number of ketones is 1. The zero-order valence-electron chi connectivity index (χ0n) is 27.8. The third-order valence-electron chi connectivity index (χ3n) is 9.69. The smallest absolute Gasteiger partial charge is 0.232 e. The van der Waals surface area contributed by atoms with Crippen LogP contribution in [0.1, 0.15) is 35.3 Å². The third-order valence-corrected chi connectivity index (χ3v) is 9.69. The Balaban J connectivity index is 1.35. The average Bonchev–Trinajstić information content (AvgIpc) is 3.10. The molecule has 11 N–H and O–H groups in total. The van der Waals surface area contributed by atoms with Gasteiger partial charge in [-0.05, 0) is 43.2 Å². The molecule has 15 atom stereocenters. The monoisotopic (exact) mass is 738 g/mol. The molecule has 3 heterocycles. The zero-order valence-corrected chi connectivity index (χ0v) is 27.8. The Hall–Kier alpha value is -3.47. The lowest BCUT2D eigenvalue weighted by Gasteiger charge is -2.46. The average molecular weight is 739 g/mol. The number of ether oxygens (including phenoxy) is 6. The molecule has 2 aromatic carbocycles. The van der Waals surface area contributed by atoms with Crippen LogP contribution >= 0.6 is 0 Å². The molecule has 15 unspecified atom stereocenters. The van der Waals surface area contributed by atoms with Gasteiger partial charge in [0.05, 0.1) is 24.4 Å². The normalized spacial score (nSPS) is 39.7. The summed E-state index contributed by atoms with van der Waals surface area (Å²) in [5.41, 5.74) is 0.544. The van der Waals surface area contributed by atoms with Crippen LogP contribution in [0.4, 0.5) is 0 Å². The van der Waals surface area contributed by atoms with E-state index < -0.39 is 116 Å². The van der Waals surface area contributed by atoms with E-state index in [9.17, 15) is 61.0 Å². The van der Waals surface area contributed by atoms with E-state index in [2.05, 4.69) is 0 Å². The highest BCUT2D eigenvalue weighted by Crippen LogP contribution is 2.41. The molecule has 0 radical (unpaired) electrons. The standard InChI is InChI=1S/C34H42O18/c1-11-21(38)25(42)28(45)32(48-11)47-10-19-23(40)27(44)31(52-33-29(46)26(43)22(39)12(2)49-33)34(50-19)51-30-17(13-3-5-15(35)6-4-13)8-14-7-16(36)9-18(37)20(14)24(30)41/h3-7,9,11-12,19,21-23,25-29,31-40,42-46H,8,10H2,1-2H3. The summed E-state index contributed by atoms with van der Waals surface area (Å²) in [6, 6.07) is 7.87. The van der Waals surface area contributed by atoms with E-state index in [0.717, 1.165) is 6.07 Å². The molecule has 0 amide bonds. The Labute approximate surface area is 295 Å². The van der Waals surface area contributed by atoms with Crippen molar-refractivity contribution in [3.05, 3.63) is 58.8 Å². The zero-order chi connectivity index (χ0) is 37.8. The van der Waals surface area contributed by atoms with Gasteiger partial charge in [-0.1, -0.05) is 12.1 Å². The predicted molar refractivity (Wildman–Crippen MR) is 170 cm³/mol. The minimum absolute atomic E-state index is 0.0928. The molecule has 3 saturated heterocycles. The van der Waals surface area contributed by atoms with Crippen molar-refractivity contribution >= 4 is 11.4 Å². The molecule has 6 rings (SSSR count). The van der Waals surface area contributed by atoms with Crippen molar-refractivity contribution < 1.29 is 89.4 Å². The van der Waals surface area contributed by atoms with Crippen LogP contribution in [0.2, 0.25) is 0 Å². The number of phenols is 3. The second kappa shape index (κ2) is 15.1. The number of phenolic OH excluding ortho intramolecular Hbond substituents is 3. The lowest BCUT2D eigenvalue weighted by Crippen LogP contribution is -2.64. The van der Waals surface area contributed by atoms with Gasteiger partial charge in [-0.3, -0.25) is 4.79 Å². The van der Waals surface area contributed by atoms with Gasteiger partial charge in [0, 0.05) is 18.1 Å². The SMILES string of the molecule is CC1OC(OCC2OC(OC3=C(c4ccc(O)cc4)Cc4cc(O)cc(O)c4C3=O)C(OC3OC(C)C(O)C(O)C3O)C(O)C2O)C(O)C(O)C1O. The van der Waals surface area contributed by atoms with Crippen molar-refractivity contribution in [2.24, 2.45) is 0 Å². The van der Waals surface area contributed by atoms with Gasteiger partial charge in [-0.25, -0.2) is 0 Å². The van der Waals surface area contributed by atoms with Crippen LogP contribution in [0.15, 0.2) is 42.2 Å². The van der Waals surface area contributed by atoms with E-state index in [0.29, 0.717) is 5.56 Å². The van der Waals surface area contributed by atoms with Crippen molar-refractivity contribution in [3.8, 4) is 17.2 Å². The van der Waals surface area contributed by atoms with E-state index in [1.807, 2.05) is 0 Å². The maximum absolute atomic E-state index is 14.1. The molecule has 3 fully saturated rings. The van der Waals surface area contributed by atoms with E-state index in [4.69, 9.17) is 28.4 Å². The first-order valence-corrected chi connectivity index (χ1v) is 16.5. The van der Waals surface area contributed by atoms with E-state index in [1.165, 1.54) is 44.2 Å². The van der Waals surface area contributed by atoms with Crippen molar-refractivity contribution in [1.82, 2.24) is 0 Å². The fourth-order valence-corrected chi connectivity index (χ4v) is 6.63. The van der Waals surface area contributed by atoms with Gasteiger partial charge in [0.2, 0.25) is 12.1 Å². The maximum atomic E-state index is 14.1. The highest BCUT2D eigenvalue weighted by atomic mass is 16.8. The third kappa shape index (κ3) is 7.23. The molecule has 0 aromatic heterocycles. The Morgan fingerprint density at radius 3 is 1.90 bits per heavy atom. The van der Waals surface area contributed by atoms with Crippen molar-refractivity contribution in [1.29, 1.82) is 0 Å². The fraction of sp³-hybridized carbons (Fsp3) is 0.559. The molecule has 1 aliphatic carbocycles. The van der Waals surface area contributed by atoms with Crippen molar-refractivity contribution in [2.45, 2.75) is 112 Å². The number of hydrogen-bond donors (Lipinski definition) is 11. The second-order valence-electron chi connectivity index (χ2n) is 13.3. The van der Waals surface area contributed by atoms with Crippen LogP contribution in [0.25, 0.3) is 5.57 Å². The van der Waals surface area contributed by atoms with Gasteiger partial charge in [0.15, 0.2) is 24.4 Å². The second-order valence-corrected chi connectivity index (χ2v) is 13.3. The van der Waals surface area contributed by atoms with Gasteiger partial charge >= 0.3 is 0 Å². The van der Waals surface area contributed by atoms with Crippen LogP contribution < -0.4 is 0 Å². The molecule has 52 heavy (non-hydrogen) atoms. The largest absolute Gasteiger partial charge is 0.508 e. The molecule has 286 valence electrons. The summed E-state index contributed by atoms with van der Waals surface area (Å²) in [5, 5.41) is 115. The summed E-state index contributed by atoms with van der Waals surface area (Å²) >= 11 is 0. The van der Waals surface area contributed by atoms with E-state index in [1.54, 1.807) is 0 Å². The van der Waals surface area contributed by atoms with Crippen LogP contribution in [0, 0.1) is 0 Å². The highest BCUT2D eigenvalue weighted by molar-refractivity contribution is 6.16. The molecule has 0 bridgehead atoms. The molecule has 0 spiro atoms. The van der Waals surface area contributed by atoms with Crippen LogP contribution in [-0.4, -0.2) is 161 Å². The Kier molecular flexibility index (Phi) is 11.1. The summed E-state index contributed by atoms with van der Waals surface area (Å²) in [6.45, 7) is 2.18. The Morgan fingerprint density at radius 2 is 1.27 bits per heavy atom. The van der Waals surface area contributed by atoms with Crippen molar-refractivity contribution in [2.75, 3.05) is 6.61 Å². The van der Waals surface area contributed by atoms with Gasteiger partial charge < -0.3 is 84.6 Å². The van der Waals surface area contributed by atoms with E-state index in [-0.39, 0.29) is 34.6 Å². The number of fused-ring (bicyclic) bond motifs is 1. The van der Waals surface area contributed by atoms with Gasteiger partial charge in [0.1, 0.15) is 72.2 Å². The number of rotatable bonds is 8.